The summed E-state index contributed by atoms with van der Waals surface area (Å²) in [5.74, 6) is 0.490. The van der Waals surface area contributed by atoms with Gasteiger partial charge < -0.3 is 15.5 Å². The number of hydrogen-bond donors (Lipinski definition) is 3. The molecule has 1 heterocycles. The van der Waals surface area contributed by atoms with E-state index in [4.69, 9.17) is 5.21 Å². The summed E-state index contributed by atoms with van der Waals surface area (Å²) >= 11 is 5.06. The first-order valence-corrected chi connectivity index (χ1v) is 8.58. The van der Waals surface area contributed by atoms with E-state index in [-0.39, 0.29) is 18.0 Å². The van der Waals surface area contributed by atoms with Crippen molar-refractivity contribution in [3.8, 4) is 0 Å². The molecule has 0 saturated heterocycles. The number of carbonyl (C=O) groups excluding carboxylic acids is 1. The van der Waals surface area contributed by atoms with Crippen molar-refractivity contribution in [1.82, 2.24) is 10.3 Å². The second-order valence-electron chi connectivity index (χ2n) is 4.48. The van der Waals surface area contributed by atoms with Crippen LogP contribution in [0.4, 0.5) is 0 Å². The molecule has 0 unspecified atom stereocenters. The number of fused-ring (bicyclic) bond motifs is 1. The number of halogens is 1. The van der Waals surface area contributed by atoms with Gasteiger partial charge in [0.15, 0.2) is 0 Å². The first-order valence-electron chi connectivity index (χ1n) is 6.39. The average molecular weight is 370 g/mol. The van der Waals surface area contributed by atoms with Gasteiger partial charge in [0.25, 0.3) is 5.91 Å². The molecule has 0 fully saturated rings. The third-order valence-corrected chi connectivity index (χ3v) is 4.17. The minimum absolute atomic E-state index is 0.111. The second-order valence-corrected chi connectivity index (χ2v) is 6.38. The molecule has 0 bridgehead atoms. The molecule has 0 aliphatic carbocycles. The number of nitrogens with zero attached hydrogens (tertiary/aromatic N) is 1. The van der Waals surface area contributed by atoms with Gasteiger partial charge >= 0.3 is 0 Å². The van der Waals surface area contributed by atoms with E-state index in [1.165, 1.54) is 0 Å². The van der Waals surface area contributed by atoms with Crippen molar-refractivity contribution in [3.05, 3.63) is 34.4 Å². The van der Waals surface area contributed by atoms with E-state index in [0.717, 1.165) is 26.7 Å². The van der Waals surface area contributed by atoms with E-state index < -0.39 is 0 Å². The van der Waals surface area contributed by atoms with Crippen molar-refractivity contribution < 1.29 is 10.0 Å². The summed E-state index contributed by atoms with van der Waals surface area (Å²) in [5, 5.41) is 16.0. The lowest BCUT2D eigenvalue weighted by atomic mass is 10.1. The first-order chi connectivity index (χ1) is 10.2. The SMILES string of the molecule is CSCCNC(=O)/C(Cc1c[nH]c2cc(Br)ccc12)=N/O. The van der Waals surface area contributed by atoms with Gasteiger partial charge in [-0.2, -0.15) is 11.8 Å². The fourth-order valence-electron chi connectivity index (χ4n) is 2.01. The standard InChI is InChI=1S/C14H16BrN3O2S/c1-21-5-4-16-14(19)13(18-20)6-9-8-17-12-7-10(15)2-3-11(9)12/h2-3,7-8,17,20H,4-6H2,1H3,(H,16,19)/b18-13+. The molecule has 2 aromatic rings. The Morgan fingerprint density at radius 2 is 2.33 bits per heavy atom. The highest BCUT2D eigenvalue weighted by atomic mass is 79.9. The molecule has 3 N–H and O–H groups in total. The van der Waals surface area contributed by atoms with Crippen LogP contribution in [0.5, 0.6) is 0 Å². The molecule has 1 amide bonds. The summed E-state index contributed by atoms with van der Waals surface area (Å²) < 4.78 is 0.981. The number of amides is 1. The third kappa shape index (κ3) is 4.01. The monoisotopic (exact) mass is 369 g/mol. The van der Waals surface area contributed by atoms with Crippen molar-refractivity contribution in [2.75, 3.05) is 18.6 Å². The summed E-state index contributed by atoms with van der Waals surface area (Å²) in [7, 11) is 0. The number of aromatic amines is 1. The lowest BCUT2D eigenvalue weighted by Crippen LogP contribution is -2.33. The van der Waals surface area contributed by atoms with Crippen molar-refractivity contribution in [3.63, 3.8) is 0 Å². The zero-order valence-electron chi connectivity index (χ0n) is 11.5. The molecule has 2 rings (SSSR count). The Bertz CT molecular complexity index is 669. The Labute approximate surface area is 135 Å². The largest absolute Gasteiger partial charge is 0.410 e. The van der Waals surface area contributed by atoms with Crippen molar-refractivity contribution in [2.45, 2.75) is 6.42 Å². The minimum atomic E-state index is -0.335. The number of thioether (sulfide) groups is 1. The smallest absolute Gasteiger partial charge is 0.269 e. The van der Waals surface area contributed by atoms with E-state index in [0.29, 0.717) is 6.54 Å². The summed E-state index contributed by atoms with van der Waals surface area (Å²) in [6, 6.07) is 5.87. The number of carbonyl (C=O) groups is 1. The van der Waals surface area contributed by atoms with Gasteiger partial charge in [0.05, 0.1) is 0 Å². The number of rotatable bonds is 6. The maximum atomic E-state index is 11.9. The van der Waals surface area contributed by atoms with Crippen LogP contribution in [0.3, 0.4) is 0 Å². The number of hydrogen-bond acceptors (Lipinski definition) is 4. The predicted molar refractivity (Wildman–Crippen MR) is 90.3 cm³/mol. The van der Waals surface area contributed by atoms with Gasteiger partial charge in [0.1, 0.15) is 5.71 Å². The van der Waals surface area contributed by atoms with Crippen LogP contribution in [0.15, 0.2) is 34.0 Å². The van der Waals surface area contributed by atoms with Crippen LogP contribution in [0.2, 0.25) is 0 Å². The Morgan fingerprint density at radius 3 is 3.05 bits per heavy atom. The van der Waals surface area contributed by atoms with Gasteiger partial charge in [0.2, 0.25) is 0 Å². The summed E-state index contributed by atoms with van der Waals surface area (Å²) in [4.78, 5) is 15.1. The first kappa shape index (κ1) is 15.9. The second kappa shape index (κ2) is 7.51. The summed E-state index contributed by atoms with van der Waals surface area (Å²) in [6.45, 7) is 0.555. The molecule has 0 radical (unpaired) electrons. The molecule has 0 aliphatic heterocycles. The fourth-order valence-corrected chi connectivity index (χ4v) is 2.68. The number of oxime groups is 1. The molecule has 1 aromatic carbocycles. The van der Waals surface area contributed by atoms with Gasteiger partial charge in [-0.3, -0.25) is 4.79 Å². The minimum Gasteiger partial charge on any atom is -0.410 e. The number of H-pyrrole nitrogens is 1. The van der Waals surface area contributed by atoms with Gasteiger partial charge in [-0.15, -0.1) is 0 Å². The van der Waals surface area contributed by atoms with E-state index >= 15 is 0 Å². The Morgan fingerprint density at radius 1 is 1.52 bits per heavy atom. The Kier molecular flexibility index (Phi) is 5.69. The summed E-state index contributed by atoms with van der Waals surface area (Å²) in [6.07, 6.45) is 4.08. The van der Waals surface area contributed by atoms with Crippen LogP contribution in [0.25, 0.3) is 10.9 Å². The molecule has 0 aliphatic rings. The van der Waals surface area contributed by atoms with Crippen LogP contribution in [-0.4, -0.2) is 40.4 Å². The van der Waals surface area contributed by atoms with Crippen molar-refractivity contribution >= 4 is 50.2 Å². The van der Waals surface area contributed by atoms with Crippen LogP contribution >= 0.6 is 27.7 Å². The molecule has 7 heteroatoms. The maximum Gasteiger partial charge on any atom is 0.269 e. The quantitative estimate of drug-likeness (QED) is 0.317. The van der Waals surface area contributed by atoms with Gasteiger partial charge in [-0.1, -0.05) is 27.2 Å². The summed E-state index contributed by atoms with van der Waals surface area (Å²) in [5.41, 5.74) is 2.00. The van der Waals surface area contributed by atoms with E-state index in [2.05, 4.69) is 31.4 Å². The molecule has 0 spiro atoms. The average Bonchev–Trinajstić information content (AvgIpc) is 2.86. The number of nitrogens with one attached hydrogen (secondary N) is 2. The van der Waals surface area contributed by atoms with E-state index in [1.54, 1.807) is 11.8 Å². The van der Waals surface area contributed by atoms with Gasteiger partial charge in [-0.25, -0.2) is 0 Å². The lowest BCUT2D eigenvalue weighted by Gasteiger charge is -2.05. The molecular formula is C14H16BrN3O2S. The van der Waals surface area contributed by atoms with Crippen molar-refractivity contribution in [2.24, 2.45) is 5.16 Å². The van der Waals surface area contributed by atoms with Gasteiger partial charge in [-0.05, 0) is 24.0 Å². The normalized spacial score (nSPS) is 11.8. The molecule has 0 atom stereocenters. The molecule has 1 aromatic heterocycles. The van der Waals surface area contributed by atoms with Crippen LogP contribution in [-0.2, 0) is 11.2 Å². The van der Waals surface area contributed by atoms with E-state index in [9.17, 15) is 4.79 Å². The topological polar surface area (TPSA) is 77.5 Å². The van der Waals surface area contributed by atoms with Crippen LogP contribution in [0, 0.1) is 0 Å². The van der Waals surface area contributed by atoms with E-state index in [1.807, 2.05) is 30.7 Å². The van der Waals surface area contributed by atoms with Crippen LogP contribution in [0.1, 0.15) is 5.56 Å². The fraction of sp³-hybridized carbons (Fsp3) is 0.286. The maximum absolute atomic E-state index is 11.9. The van der Waals surface area contributed by atoms with Gasteiger partial charge in [0, 0.05) is 40.3 Å². The van der Waals surface area contributed by atoms with Crippen molar-refractivity contribution in [1.29, 1.82) is 0 Å². The molecule has 112 valence electrons. The predicted octanol–water partition coefficient (Wildman–Crippen LogP) is 2.78. The highest BCUT2D eigenvalue weighted by molar-refractivity contribution is 9.10. The molecule has 5 nitrogen and oxygen atoms in total. The highest BCUT2D eigenvalue weighted by Gasteiger charge is 2.15. The highest BCUT2D eigenvalue weighted by Crippen LogP contribution is 2.22. The lowest BCUT2D eigenvalue weighted by molar-refractivity contribution is -0.114. The Hall–Kier alpha value is -1.47. The molecular weight excluding hydrogens is 354 g/mol. The molecule has 0 saturated carbocycles. The zero-order chi connectivity index (χ0) is 15.2. The molecule has 21 heavy (non-hydrogen) atoms. The number of benzene rings is 1. The zero-order valence-corrected chi connectivity index (χ0v) is 13.9. The van der Waals surface area contributed by atoms with Crippen LogP contribution < -0.4 is 5.32 Å². The Balaban J connectivity index is 2.12. The third-order valence-electron chi connectivity index (χ3n) is 3.06. The number of aromatic nitrogens is 1.